The van der Waals surface area contributed by atoms with Crippen molar-refractivity contribution in [2.45, 2.75) is 5.41 Å². The lowest BCUT2D eigenvalue weighted by Gasteiger charge is -2.31. The summed E-state index contributed by atoms with van der Waals surface area (Å²) in [5.74, 6) is 0. The highest BCUT2D eigenvalue weighted by Crippen LogP contribution is 2.63. The quantitative estimate of drug-likeness (QED) is 0.157. The smallest absolute Gasteiger partial charge is 0.0725 e. The molecule has 0 unspecified atom stereocenters. The standard InChI is InChI=1S/C61H39N/c1-2-14-40(15-3-1)41-26-31-44(32-27-41)62(45-33-28-42(29-34-45)43-30-36-51-49-18-5-4-16-47(49)48-17-6-7-19-50(48)55(51)38-43)46-35-37-60-56(39-46)54-22-10-13-25-59(54)61(60)57-23-11-8-20-52(57)53-21-9-12-24-58(53)61/h1-39H. The van der Waals surface area contributed by atoms with Crippen molar-refractivity contribution in [3.8, 4) is 44.5 Å². The maximum absolute atomic E-state index is 2.43. The fraction of sp³-hybridized carbons (Fsp3) is 0.0164. The Hall–Kier alpha value is -8.00. The number of hydrogen-bond donors (Lipinski definition) is 0. The van der Waals surface area contributed by atoms with Crippen LogP contribution in [0, 0.1) is 0 Å². The lowest BCUT2D eigenvalue weighted by Crippen LogP contribution is -2.25. The van der Waals surface area contributed by atoms with Gasteiger partial charge in [-0.05, 0) is 142 Å². The number of nitrogens with zero attached hydrogens (tertiary/aromatic N) is 1. The summed E-state index contributed by atoms with van der Waals surface area (Å²) < 4.78 is 0. The van der Waals surface area contributed by atoms with E-state index in [1.165, 1.54) is 99.1 Å². The van der Waals surface area contributed by atoms with E-state index in [0.717, 1.165) is 17.1 Å². The van der Waals surface area contributed by atoms with E-state index in [2.05, 4.69) is 241 Å². The molecule has 0 saturated carbocycles. The molecule has 0 N–H and O–H groups in total. The van der Waals surface area contributed by atoms with Gasteiger partial charge in [-0.15, -0.1) is 0 Å². The van der Waals surface area contributed by atoms with Gasteiger partial charge in [0.1, 0.15) is 0 Å². The maximum atomic E-state index is 2.43. The van der Waals surface area contributed by atoms with Gasteiger partial charge in [0, 0.05) is 17.1 Å². The van der Waals surface area contributed by atoms with Gasteiger partial charge < -0.3 is 4.90 Å². The Bertz CT molecular complexity index is 3480. The van der Waals surface area contributed by atoms with Crippen molar-refractivity contribution in [1.29, 1.82) is 0 Å². The highest BCUT2D eigenvalue weighted by Gasteiger charge is 2.51. The van der Waals surface area contributed by atoms with Gasteiger partial charge in [-0.3, -0.25) is 0 Å². The van der Waals surface area contributed by atoms with Crippen LogP contribution in [0.1, 0.15) is 22.3 Å². The average Bonchev–Trinajstić information content (AvgIpc) is 3.82. The van der Waals surface area contributed by atoms with Crippen LogP contribution in [-0.2, 0) is 5.41 Å². The van der Waals surface area contributed by atoms with E-state index in [0.29, 0.717) is 0 Å². The molecule has 0 bridgehead atoms. The molecule has 1 heteroatoms. The molecule has 0 radical (unpaired) electrons. The van der Waals surface area contributed by atoms with E-state index >= 15 is 0 Å². The Balaban J connectivity index is 0.966. The highest BCUT2D eigenvalue weighted by molar-refractivity contribution is 6.25. The van der Waals surface area contributed by atoms with Crippen LogP contribution in [-0.4, -0.2) is 0 Å². The Kier molecular flexibility index (Phi) is 7.59. The fourth-order valence-electron chi connectivity index (χ4n) is 11.0. The predicted molar refractivity (Wildman–Crippen MR) is 261 cm³/mol. The molecule has 13 rings (SSSR count). The molecule has 1 spiro atoms. The largest absolute Gasteiger partial charge is 0.310 e. The van der Waals surface area contributed by atoms with Crippen molar-refractivity contribution in [2.24, 2.45) is 0 Å². The molecule has 2 aliphatic rings. The second-order valence-corrected chi connectivity index (χ2v) is 16.8. The predicted octanol–water partition coefficient (Wildman–Crippen LogP) is 16.3. The third-order valence-electron chi connectivity index (χ3n) is 13.7. The van der Waals surface area contributed by atoms with Crippen LogP contribution in [0.15, 0.2) is 237 Å². The Morgan fingerprint density at radius 1 is 0.226 bits per heavy atom. The van der Waals surface area contributed by atoms with Gasteiger partial charge in [0.15, 0.2) is 0 Å². The monoisotopic (exact) mass is 785 g/mol. The molecule has 62 heavy (non-hydrogen) atoms. The molecular formula is C61H39N. The minimum absolute atomic E-state index is 0.376. The highest BCUT2D eigenvalue weighted by atomic mass is 15.1. The van der Waals surface area contributed by atoms with Crippen molar-refractivity contribution in [3.05, 3.63) is 259 Å². The van der Waals surface area contributed by atoms with Crippen molar-refractivity contribution < 1.29 is 0 Å². The summed E-state index contributed by atoms with van der Waals surface area (Å²) in [6.45, 7) is 0. The Morgan fingerprint density at radius 3 is 1.15 bits per heavy atom. The zero-order valence-corrected chi connectivity index (χ0v) is 34.0. The first-order valence-electron chi connectivity index (χ1n) is 21.6. The molecule has 0 atom stereocenters. The average molecular weight is 786 g/mol. The lowest BCUT2D eigenvalue weighted by atomic mass is 9.70. The zero-order valence-electron chi connectivity index (χ0n) is 34.0. The Morgan fingerprint density at radius 2 is 0.597 bits per heavy atom. The molecule has 288 valence electrons. The van der Waals surface area contributed by atoms with Crippen molar-refractivity contribution >= 4 is 49.4 Å². The zero-order chi connectivity index (χ0) is 40.8. The van der Waals surface area contributed by atoms with Crippen molar-refractivity contribution in [3.63, 3.8) is 0 Å². The fourth-order valence-corrected chi connectivity index (χ4v) is 11.0. The van der Waals surface area contributed by atoms with Gasteiger partial charge >= 0.3 is 0 Å². The third-order valence-corrected chi connectivity index (χ3v) is 13.7. The van der Waals surface area contributed by atoms with E-state index in [1.54, 1.807) is 0 Å². The van der Waals surface area contributed by atoms with E-state index in [9.17, 15) is 0 Å². The van der Waals surface area contributed by atoms with Gasteiger partial charge in [0.05, 0.1) is 5.41 Å². The molecule has 11 aromatic carbocycles. The van der Waals surface area contributed by atoms with E-state index < -0.39 is 0 Å². The van der Waals surface area contributed by atoms with Gasteiger partial charge in [0.2, 0.25) is 0 Å². The van der Waals surface area contributed by atoms with Crippen LogP contribution < -0.4 is 4.90 Å². The topological polar surface area (TPSA) is 3.24 Å². The normalized spacial score (nSPS) is 13.0. The van der Waals surface area contributed by atoms with Crippen LogP contribution in [0.2, 0.25) is 0 Å². The second kappa shape index (κ2) is 13.5. The van der Waals surface area contributed by atoms with E-state index in [4.69, 9.17) is 0 Å². The SMILES string of the molecule is c1ccc(-c2ccc(N(c3ccc(-c4ccc5c6ccccc6c6ccccc6c5c4)cc3)c3ccc4c(c3)-c3ccccc3C43c4ccccc4-c4ccccc43)cc2)cc1. The molecule has 2 aliphatic carbocycles. The summed E-state index contributed by atoms with van der Waals surface area (Å²) in [5, 5.41) is 7.74. The number of rotatable bonds is 5. The molecule has 0 aromatic heterocycles. The van der Waals surface area contributed by atoms with E-state index in [1.807, 2.05) is 0 Å². The molecule has 0 heterocycles. The molecule has 0 aliphatic heterocycles. The molecular weight excluding hydrogens is 747 g/mol. The second-order valence-electron chi connectivity index (χ2n) is 16.8. The van der Waals surface area contributed by atoms with Gasteiger partial charge in [0.25, 0.3) is 0 Å². The van der Waals surface area contributed by atoms with Gasteiger partial charge in [-0.25, -0.2) is 0 Å². The van der Waals surface area contributed by atoms with Crippen LogP contribution in [0.5, 0.6) is 0 Å². The minimum Gasteiger partial charge on any atom is -0.310 e. The van der Waals surface area contributed by atoms with Crippen molar-refractivity contribution in [1.82, 2.24) is 0 Å². The van der Waals surface area contributed by atoms with Crippen molar-refractivity contribution in [2.75, 3.05) is 4.90 Å². The minimum atomic E-state index is -0.376. The van der Waals surface area contributed by atoms with Crippen LogP contribution in [0.25, 0.3) is 76.8 Å². The number of fused-ring (bicyclic) bond motifs is 16. The van der Waals surface area contributed by atoms with Gasteiger partial charge in [-0.1, -0.05) is 194 Å². The first-order valence-corrected chi connectivity index (χ1v) is 21.6. The lowest BCUT2D eigenvalue weighted by molar-refractivity contribution is 0.794. The van der Waals surface area contributed by atoms with E-state index in [-0.39, 0.29) is 5.41 Å². The molecule has 1 nitrogen and oxygen atoms in total. The molecule has 0 amide bonds. The molecule has 11 aromatic rings. The van der Waals surface area contributed by atoms with Crippen LogP contribution in [0.4, 0.5) is 17.1 Å². The number of anilines is 3. The summed E-state index contributed by atoms with van der Waals surface area (Å²) in [7, 11) is 0. The maximum Gasteiger partial charge on any atom is 0.0725 e. The third kappa shape index (κ3) is 4.97. The van der Waals surface area contributed by atoms with Crippen LogP contribution in [0.3, 0.4) is 0 Å². The summed E-state index contributed by atoms with van der Waals surface area (Å²) in [4.78, 5) is 2.42. The molecule has 0 fully saturated rings. The summed E-state index contributed by atoms with van der Waals surface area (Å²) in [6, 6.07) is 87.7. The first kappa shape index (κ1) is 34.8. The summed E-state index contributed by atoms with van der Waals surface area (Å²) in [5.41, 5.74) is 18.4. The summed E-state index contributed by atoms with van der Waals surface area (Å²) in [6.07, 6.45) is 0. The molecule has 0 saturated heterocycles. The summed E-state index contributed by atoms with van der Waals surface area (Å²) >= 11 is 0. The van der Waals surface area contributed by atoms with Gasteiger partial charge in [-0.2, -0.15) is 0 Å². The number of benzene rings is 11. The first-order chi connectivity index (χ1) is 30.8. The number of hydrogen-bond acceptors (Lipinski definition) is 1. The van der Waals surface area contributed by atoms with Crippen LogP contribution >= 0.6 is 0 Å². The Labute approximate surface area is 361 Å².